The van der Waals surface area contributed by atoms with Crippen LogP contribution in [0.3, 0.4) is 0 Å². The molecule has 0 amide bonds. The third kappa shape index (κ3) is 2.94. The third-order valence-corrected chi connectivity index (χ3v) is 3.94. The zero-order valence-electron chi connectivity index (χ0n) is 11.0. The number of aromatic nitrogens is 1. The molecule has 1 aromatic carbocycles. The van der Waals surface area contributed by atoms with Gasteiger partial charge in [0, 0.05) is 24.2 Å². The van der Waals surface area contributed by atoms with Gasteiger partial charge in [0.2, 0.25) is 0 Å². The summed E-state index contributed by atoms with van der Waals surface area (Å²) in [7, 11) is 0. The first kappa shape index (κ1) is 12.6. The maximum absolute atomic E-state index is 9.70. The van der Waals surface area contributed by atoms with Crippen molar-refractivity contribution in [3.63, 3.8) is 0 Å². The van der Waals surface area contributed by atoms with Crippen LogP contribution in [0.1, 0.15) is 31.2 Å². The van der Waals surface area contributed by atoms with Gasteiger partial charge in [0.05, 0.1) is 11.6 Å². The second kappa shape index (κ2) is 5.68. The first-order chi connectivity index (χ1) is 9.33. The van der Waals surface area contributed by atoms with Gasteiger partial charge in [0.1, 0.15) is 0 Å². The standard InChI is InChI=1S/C16H20N2O/c19-15-8-2-7-14(10-15)18-11-13-5-1-4-12-6-3-9-17-16(12)13/h1,3-6,9,14-15,18-19H,2,7-8,10-11H2. The predicted molar refractivity (Wildman–Crippen MR) is 76.8 cm³/mol. The maximum atomic E-state index is 9.70. The minimum absolute atomic E-state index is 0.128. The van der Waals surface area contributed by atoms with Crippen LogP contribution in [0.4, 0.5) is 0 Å². The summed E-state index contributed by atoms with van der Waals surface area (Å²) in [6, 6.07) is 10.8. The van der Waals surface area contributed by atoms with Crippen LogP contribution >= 0.6 is 0 Å². The van der Waals surface area contributed by atoms with E-state index in [4.69, 9.17) is 0 Å². The summed E-state index contributed by atoms with van der Waals surface area (Å²) >= 11 is 0. The fourth-order valence-electron chi connectivity index (χ4n) is 2.91. The molecule has 1 fully saturated rings. The Kier molecular flexibility index (Phi) is 3.76. The van der Waals surface area contributed by atoms with Crippen LogP contribution in [-0.4, -0.2) is 22.2 Å². The van der Waals surface area contributed by atoms with Gasteiger partial charge in [0.25, 0.3) is 0 Å². The highest BCUT2D eigenvalue weighted by molar-refractivity contribution is 5.81. The molecule has 0 radical (unpaired) electrons. The first-order valence-electron chi connectivity index (χ1n) is 7.07. The van der Waals surface area contributed by atoms with E-state index in [1.54, 1.807) is 0 Å². The minimum Gasteiger partial charge on any atom is -0.393 e. The molecule has 1 aliphatic carbocycles. The van der Waals surface area contributed by atoms with Crippen molar-refractivity contribution in [2.24, 2.45) is 0 Å². The fourth-order valence-corrected chi connectivity index (χ4v) is 2.91. The van der Waals surface area contributed by atoms with E-state index >= 15 is 0 Å². The molecule has 2 N–H and O–H groups in total. The molecule has 3 rings (SSSR count). The Bertz CT molecular complexity index is 550. The van der Waals surface area contributed by atoms with Crippen molar-refractivity contribution in [2.75, 3.05) is 0 Å². The minimum atomic E-state index is -0.128. The third-order valence-electron chi connectivity index (χ3n) is 3.94. The van der Waals surface area contributed by atoms with Gasteiger partial charge in [-0.3, -0.25) is 4.98 Å². The summed E-state index contributed by atoms with van der Waals surface area (Å²) in [6.45, 7) is 0.825. The largest absolute Gasteiger partial charge is 0.393 e. The number of rotatable bonds is 3. The number of aliphatic hydroxyl groups is 1. The number of hydrogen-bond donors (Lipinski definition) is 2. The van der Waals surface area contributed by atoms with Crippen molar-refractivity contribution in [3.8, 4) is 0 Å². The van der Waals surface area contributed by atoms with Gasteiger partial charge >= 0.3 is 0 Å². The summed E-state index contributed by atoms with van der Waals surface area (Å²) < 4.78 is 0. The number of para-hydroxylation sites is 1. The molecule has 2 aromatic rings. The van der Waals surface area contributed by atoms with Crippen LogP contribution in [0.15, 0.2) is 36.5 Å². The van der Waals surface area contributed by atoms with Gasteiger partial charge in [-0.25, -0.2) is 0 Å². The average molecular weight is 256 g/mol. The quantitative estimate of drug-likeness (QED) is 0.887. The molecule has 3 nitrogen and oxygen atoms in total. The number of nitrogens with zero attached hydrogens (tertiary/aromatic N) is 1. The summed E-state index contributed by atoms with van der Waals surface area (Å²) in [5.74, 6) is 0. The molecule has 2 atom stereocenters. The number of benzene rings is 1. The van der Waals surface area contributed by atoms with Gasteiger partial charge in [-0.1, -0.05) is 24.3 Å². The zero-order chi connectivity index (χ0) is 13.1. The van der Waals surface area contributed by atoms with Crippen LogP contribution in [0.25, 0.3) is 10.9 Å². The molecule has 19 heavy (non-hydrogen) atoms. The summed E-state index contributed by atoms with van der Waals surface area (Å²) in [6.07, 6.45) is 5.82. The van der Waals surface area contributed by atoms with E-state index in [9.17, 15) is 5.11 Å². The normalized spacial score (nSPS) is 23.6. The van der Waals surface area contributed by atoms with Gasteiger partial charge in [-0.15, -0.1) is 0 Å². The molecule has 1 aromatic heterocycles. The van der Waals surface area contributed by atoms with Gasteiger partial charge in [0.15, 0.2) is 0 Å². The van der Waals surface area contributed by atoms with Crippen LogP contribution in [-0.2, 0) is 6.54 Å². The molecular weight excluding hydrogens is 236 g/mol. The number of hydrogen-bond acceptors (Lipinski definition) is 3. The Balaban J connectivity index is 1.71. The van der Waals surface area contributed by atoms with E-state index in [-0.39, 0.29) is 6.10 Å². The van der Waals surface area contributed by atoms with E-state index in [0.717, 1.165) is 37.7 Å². The van der Waals surface area contributed by atoms with E-state index in [1.165, 1.54) is 10.9 Å². The van der Waals surface area contributed by atoms with Crippen molar-refractivity contribution in [3.05, 3.63) is 42.1 Å². The monoisotopic (exact) mass is 256 g/mol. The molecule has 1 heterocycles. The lowest BCUT2D eigenvalue weighted by atomic mass is 9.93. The van der Waals surface area contributed by atoms with Crippen molar-refractivity contribution >= 4 is 10.9 Å². The number of pyridine rings is 1. The molecule has 0 bridgehead atoms. The Hall–Kier alpha value is -1.45. The summed E-state index contributed by atoms with van der Waals surface area (Å²) in [5.41, 5.74) is 2.31. The lowest BCUT2D eigenvalue weighted by Crippen LogP contribution is -2.35. The summed E-state index contributed by atoms with van der Waals surface area (Å²) in [4.78, 5) is 4.47. The Morgan fingerprint density at radius 2 is 2.11 bits per heavy atom. The lowest BCUT2D eigenvalue weighted by Gasteiger charge is -2.26. The van der Waals surface area contributed by atoms with Crippen molar-refractivity contribution < 1.29 is 5.11 Å². The van der Waals surface area contributed by atoms with Crippen LogP contribution in [0.2, 0.25) is 0 Å². The van der Waals surface area contributed by atoms with E-state index in [2.05, 4.69) is 34.6 Å². The molecule has 3 heteroatoms. The van der Waals surface area contributed by atoms with Gasteiger partial charge in [-0.05, 0) is 37.3 Å². The van der Waals surface area contributed by atoms with Gasteiger partial charge < -0.3 is 10.4 Å². The van der Waals surface area contributed by atoms with Gasteiger partial charge in [-0.2, -0.15) is 0 Å². The molecule has 0 saturated heterocycles. The highest BCUT2D eigenvalue weighted by Crippen LogP contribution is 2.20. The van der Waals surface area contributed by atoms with Crippen molar-refractivity contribution in [1.82, 2.24) is 10.3 Å². The van der Waals surface area contributed by atoms with Crippen molar-refractivity contribution in [1.29, 1.82) is 0 Å². The van der Waals surface area contributed by atoms with E-state index < -0.39 is 0 Å². The van der Waals surface area contributed by atoms with E-state index in [0.29, 0.717) is 6.04 Å². The molecule has 100 valence electrons. The van der Waals surface area contributed by atoms with Crippen LogP contribution < -0.4 is 5.32 Å². The molecule has 0 aliphatic heterocycles. The second-order valence-corrected chi connectivity index (χ2v) is 5.39. The Morgan fingerprint density at radius 3 is 3.00 bits per heavy atom. The second-order valence-electron chi connectivity index (χ2n) is 5.39. The zero-order valence-corrected chi connectivity index (χ0v) is 11.0. The summed E-state index contributed by atoms with van der Waals surface area (Å²) in [5, 5.41) is 14.4. The number of aliphatic hydroxyl groups excluding tert-OH is 1. The predicted octanol–water partition coefficient (Wildman–Crippen LogP) is 2.63. The van der Waals surface area contributed by atoms with Crippen molar-refractivity contribution in [2.45, 2.75) is 44.4 Å². The number of fused-ring (bicyclic) bond motifs is 1. The Labute approximate surface area is 113 Å². The highest BCUT2D eigenvalue weighted by Gasteiger charge is 2.19. The first-order valence-corrected chi connectivity index (χ1v) is 7.07. The average Bonchev–Trinajstić information content (AvgIpc) is 2.45. The molecule has 1 saturated carbocycles. The molecule has 2 unspecified atom stereocenters. The molecule has 1 aliphatic rings. The fraction of sp³-hybridized carbons (Fsp3) is 0.438. The van der Waals surface area contributed by atoms with E-state index in [1.807, 2.05) is 12.3 Å². The number of nitrogens with one attached hydrogen (secondary N) is 1. The molecule has 0 spiro atoms. The Morgan fingerprint density at radius 1 is 1.21 bits per heavy atom. The van der Waals surface area contributed by atoms with Crippen LogP contribution in [0, 0.1) is 0 Å². The molecular formula is C16H20N2O. The smallest absolute Gasteiger partial charge is 0.0746 e. The SMILES string of the molecule is OC1CCCC(NCc2cccc3cccnc23)C1. The maximum Gasteiger partial charge on any atom is 0.0746 e. The highest BCUT2D eigenvalue weighted by atomic mass is 16.3. The topological polar surface area (TPSA) is 45.1 Å². The van der Waals surface area contributed by atoms with Crippen LogP contribution in [0.5, 0.6) is 0 Å². The lowest BCUT2D eigenvalue weighted by molar-refractivity contribution is 0.111.